The van der Waals surface area contributed by atoms with Crippen LogP contribution < -0.4 is 4.74 Å². The van der Waals surface area contributed by atoms with Gasteiger partial charge in [0.25, 0.3) is 0 Å². The molecule has 0 spiro atoms. The second kappa shape index (κ2) is 4.05. The van der Waals surface area contributed by atoms with Gasteiger partial charge in [0.1, 0.15) is 11.2 Å². The number of carboxylic acid groups (broad SMARTS) is 1. The molecular formula is C14H17NO3. The van der Waals surface area contributed by atoms with E-state index in [2.05, 4.69) is 0 Å². The molecule has 18 heavy (non-hydrogen) atoms. The van der Waals surface area contributed by atoms with Crippen LogP contribution in [0.3, 0.4) is 0 Å². The van der Waals surface area contributed by atoms with E-state index in [1.54, 1.807) is 21.0 Å². The number of hydrogen-bond acceptors (Lipinski definition) is 2. The molecule has 0 radical (unpaired) electrons. The Morgan fingerprint density at radius 1 is 1.39 bits per heavy atom. The largest absolute Gasteiger partial charge is 0.496 e. The van der Waals surface area contributed by atoms with Gasteiger partial charge in [-0.3, -0.25) is 4.79 Å². The summed E-state index contributed by atoms with van der Waals surface area (Å²) in [5.41, 5.74) is 0.798. The molecule has 1 heterocycles. The van der Waals surface area contributed by atoms with Crippen LogP contribution in [-0.2, 0) is 17.3 Å². The molecule has 96 valence electrons. The number of fused-ring (bicyclic) bond motifs is 1. The van der Waals surface area contributed by atoms with Crippen LogP contribution in [0.25, 0.3) is 10.9 Å². The summed E-state index contributed by atoms with van der Waals surface area (Å²) >= 11 is 0. The van der Waals surface area contributed by atoms with Gasteiger partial charge in [-0.25, -0.2) is 0 Å². The summed E-state index contributed by atoms with van der Waals surface area (Å²) in [5.74, 6) is -0.0806. The summed E-state index contributed by atoms with van der Waals surface area (Å²) < 4.78 is 7.22. The monoisotopic (exact) mass is 247 g/mol. The van der Waals surface area contributed by atoms with Crippen molar-refractivity contribution in [1.82, 2.24) is 4.57 Å². The van der Waals surface area contributed by atoms with Crippen LogP contribution in [-0.4, -0.2) is 22.8 Å². The van der Waals surface area contributed by atoms with Crippen molar-refractivity contribution >= 4 is 16.9 Å². The van der Waals surface area contributed by atoms with E-state index in [0.717, 1.165) is 22.3 Å². The van der Waals surface area contributed by atoms with Crippen molar-refractivity contribution in [3.8, 4) is 5.75 Å². The van der Waals surface area contributed by atoms with Crippen LogP contribution in [0.2, 0.25) is 0 Å². The lowest BCUT2D eigenvalue weighted by atomic mass is 9.89. The van der Waals surface area contributed by atoms with Gasteiger partial charge in [-0.15, -0.1) is 0 Å². The number of aliphatic carboxylic acids is 1. The third-order valence-corrected chi connectivity index (χ3v) is 3.44. The van der Waals surface area contributed by atoms with Gasteiger partial charge in [0, 0.05) is 18.1 Å². The Morgan fingerprint density at radius 3 is 2.61 bits per heavy atom. The Balaban J connectivity index is 2.75. The minimum Gasteiger partial charge on any atom is -0.496 e. The van der Waals surface area contributed by atoms with Crippen molar-refractivity contribution in [2.45, 2.75) is 19.3 Å². The summed E-state index contributed by atoms with van der Waals surface area (Å²) in [6.45, 7) is 3.41. The highest BCUT2D eigenvalue weighted by Gasteiger charge is 2.33. The van der Waals surface area contributed by atoms with Crippen LogP contribution in [0, 0.1) is 0 Å². The predicted octanol–water partition coefficient (Wildman–Crippen LogP) is 2.55. The molecule has 0 aliphatic rings. The molecule has 0 aliphatic carbocycles. The highest BCUT2D eigenvalue weighted by molar-refractivity contribution is 5.90. The minimum absolute atomic E-state index is 0.759. The van der Waals surface area contributed by atoms with Gasteiger partial charge >= 0.3 is 5.97 Å². The van der Waals surface area contributed by atoms with Crippen molar-refractivity contribution in [2.75, 3.05) is 7.11 Å². The van der Waals surface area contributed by atoms with Gasteiger partial charge in [-0.2, -0.15) is 0 Å². The van der Waals surface area contributed by atoms with Crippen molar-refractivity contribution in [3.63, 3.8) is 0 Å². The molecule has 0 amide bonds. The number of benzene rings is 1. The quantitative estimate of drug-likeness (QED) is 0.906. The SMILES string of the molecule is COc1cccc2c1cc(C(C)(C)C(=O)O)n2C. The highest BCUT2D eigenvalue weighted by Crippen LogP contribution is 2.33. The molecule has 1 aromatic heterocycles. The zero-order valence-electron chi connectivity index (χ0n) is 11.0. The molecule has 4 heteroatoms. The summed E-state index contributed by atoms with van der Waals surface area (Å²) in [6, 6.07) is 7.63. The molecule has 0 unspecified atom stereocenters. The number of aromatic nitrogens is 1. The number of methoxy groups -OCH3 is 1. The van der Waals surface area contributed by atoms with Crippen LogP contribution >= 0.6 is 0 Å². The Labute approximate surface area is 106 Å². The minimum atomic E-state index is -0.932. The third kappa shape index (κ3) is 1.65. The molecule has 2 aromatic rings. The van der Waals surface area contributed by atoms with E-state index in [1.807, 2.05) is 35.9 Å². The number of carbonyl (C=O) groups is 1. The zero-order valence-corrected chi connectivity index (χ0v) is 11.0. The molecule has 4 nitrogen and oxygen atoms in total. The van der Waals surface area contributed by atoms with Gasteiger partial charge in [-0.05, 0) is 32.0 Å². The van der Waals surface area contributed by atoms with Crippen LogP contribution in [0.5, 0.6) is 5.75 Å². The molecule has 0 aliphatic heterocycles. The van der Waals surface area contributed by atoms with E-state index in [4.69, 9.17) is 4.74 Å². The van der Waals surface area contributed by atoms with Crippen molar-refractivity contribution < 1.29 is 14.6 Å². The topological polar surface area (TPSA) is 51.5 Å². The normalized spacial score (nSPS) is 11.8. The number of ether oxygens (including phenoxy) is 1. The van der Waals surface area contributed by atoms with Gasteiger partial charge < -0.3 is 14.4 Å². The Kier molecular flexibility index (Phi) is 2.81. The zero-order chi connectivity index (χ0) is 13.5. The summed E-state index contributed by atoms with van der Waals surface area (Å²) in [7, 11) is 3.49. The average Bonchev–Trinajstić information content (AvgIpc) is 2.67. The van der Waals surface area contributed by atoms with Crippen LogP contribution in [0.1, 0.15) is 19.5 Å². The van der Waals surface area contributed by atoms with Crippen LogP contribution in [0.15, 0.2) is 24.3 Å². The lowest BCUT2D eigenvalue weighted by Gasteiger charge is -2.20. The summed E-state index contributed by atoms with van der Waals surface area (Å²) in [5, 5.41) is 10.3. The smallest absolute Gasteiger partial charge is 0.315 e. The number of aryl methyl sites for hydroxylation is 1. The van der Waals surface area contributed by atoms with E-state index in [-0.39, 0.29) is 0 Å². The first-order chi connectivity index (χ1) is 8.39. The summed E-state index contributed by atoms with van der Waals surface area (Å²) in [4.78, 5) is 11.4. The highest BCUT2D eigenvalue weighted by atomic mass is 16.5. The first-order valence-electron chi connectivity index (χ1n) is 5.76. The third-order valence-electron chi connectivity index (χ3n) is 3.44. The van der Waals surface area contributed by atoms with Crippen molar-refractivity contribution in [3.05, 3.63) is 30.0 Å². The first kappa shape index (κ1) is 12.5. The number of carboxylic acids is 1. The van der Waals surface area contributed by atoms with E-state index in [0.29, 0.717) is 0 Å². The lowest BCUT2D eigenvalue weighted by molar-refractivity contribution is -0.142. The molecule has 2 rings (SSSR count). The van der Waals surface area contributed by atoms with Gasteiger partial charge in [0.15, 0.2) is 0 Å². The fraction of sp³-hybridized carbons (Fsp3) is 0.357. The fourth-order valence-corrected chi connectivity index (χ4v) is 2.22. The molecule has 1 N–H and O–H groups in total. The summed E-state index contributed by atoms with van der Waals surface area (Å²) in [6.07, 6.45) is 0. The van der Waals surface area contributed by atoms with E-state index >= 15 is 0 Å². The molecule has 0 saturated carbocycles. The maximum Gasteiger partial charge on any atom is 0.315 e. The first-order valence-corrected chi connectivity index (χ1v) is 5.76. The van der Waals surface area contributed by atoms with E-state index in [9.17, 15) is 9.90 Å². The van der Waals surface area contributed by atoms with Crippen molar-refractivity contribution in [2.24, 2.45) is 7.05 Å². The lowest BCUT2D eigenvalue weighted by Crippen LogP contribution is -2.30. The fourth-order valence-electron chi connectivity index (χ4n) is 2.22. The molecular weight excluding hydrogens is 230 g/mol. The molecule has 0 atom stereocenters. The second-order valence-corrected chi connectivity index (χ2v) is 4.91. The Morgan fingerprint density at radius 2 is 2.06 bits per heavy atom. The molecule has 1 aromatic carbocycles. The second-order valence-electron chi connectivity index (χ2n) is 4.91. The predicted molar refractivity (Wildman–Crippen MR) is 70.1 cm³/mol. The maximum absolute atomic E-state index is 11.4. The van der Waals surface area contributed by atoms with E-state index < -0.39 is 11.4 Å². The van der Waals surface area contributed by atoms with Gasteiger partial charge in [0.2, 0.25) is 0 Å². The molecule has 0 bridgehead atoms. The number of nitrogens with zero attached hydrogens (tertiary/aromatic N) is 1. The molecule has 0 saturated heterocycles. The average molecular weight is 247 g/mol. The molecule has 0 fully saturated rings. The number of hydrogen-bond donors (Lipinski definition) is 1. The Bertz CT molecular complexity index is 611. The number of rotatable bonds is 3. The van der Waals surface area contributed by atoms with Gasteiger partial charge in [0.05, 0.1) is 12.6 Å². The van der Waals surface area contributed by atoms with Crippen LogP contribution in [0.4, 0.5) is 0 Å². The van der Waals surface area contributed by atoms with Crippen molar-refractivity contribution in [1.29, 1.82) is 0 Å². The maximum atomic E-state index is 11.4. The van der Waals surface area contributed by atoms with E-state index in [1.165, 1.54) is 0 Å². The van der Waals surface area contributed by atoms with Gasteiger partial charge in [-0.1, -0.05) is 6.07 Å². The standard InChI is InChI=1S/C14H17NO3/c1-14(2,13(16)17)12-8-9-10(15(12)3)6-5-7-11(9)18-4/h5-8H,1-4H3,(H,16,17). The Hall–Kier alpha value is -1.97.